The summed E-state index contributed by atoms with van der Waals surface area (Å²) < 4.78 is 0. The molecule has 0 aromatic heterocycles. The highest BCUT2D eigenvalue weighted by Gasteiger charge is 2.11. The van der Waals surface area contributed by atoms with E-state index in [2.05, 4.69) is 24.4 Å². The number of nitrogens with one attached hydrogen (secondary N) is 1. The quantitative estimate of drug-likeness (QED) is 0.712. The van der Waals surface area contributed by atoms with Gasteiger partial charge in [-0.25, -0.2) is 0 Å². The Balaban J connectivity index is 1.93. The van der Waals surface area contributed by atoms with Crippen molar-refractivity contribution in [1.82, 2.24) is 4.90 Å². The van der Waals surface area contributed by atoms with Gasteiger partial charge in [0, 0.05) is 11.4 Å². The average molecular weight is 357 g/mol. The number of primary amides is 1. The first kappa shape index (κ1) is 19.0. The highest BCUT2D eigenvalue weighted by atomic mass is 32.2. The summed E-state index contributed by atoms with van der Waals surface area (Å²) in [4.78, 5) is 26.1. The van der Waals surface area contributed by atoms with Crippen LogP contribution in [0.4, 0.5) is 5.69 Å². The number of likely N-dealkylation sites (N-methyl/N-ethyl adjacent to an activating group) is 1. The number of benzene rings is 2. The van der Waals surface area contributed by atoms with Crippen molar-refractivity contribution in [2.75, 3.05) is 24.7 Å². The third-order valence-corrected chi connectivity index (χ3v) is 4.74. The molecule has 3 N–H and O–H groups in total. The van der Waals surface area contributed by atoms with E-state index in [1.165, 1.54) is 22.9 Å². The van der Waals surface area contributed by atoms with Crippen molar-refractivity contribution in [2.45, 2.75) is 18.4 Å². The van der Waals surface area contributed by atoms with Gasteiger partial charge in [-0.3, -0.25) is 14.5 Å². The van der Waals surface area contributed by atoms with Crippen LogP contribution >= 0.6 is 11.8 Å². The molecular weight excluding hydrogens is 334 g/mol. The predicted octanol–water partition coefficient (Wildman–Crippen LogP) is 2.64. The monoisotopic (exact) mass is 357 g/mol. The molecule has 0 aliphatic rings. The van der Waals surface area contributed by atoms with Crippen LogP contribution in [-0.2, 0) is 16.1 Å². The number of amides is 2. The number of anilines is 1. The minimum atomic E-state index is -0.385. The smallest absolute Gasteiger partial charge is 0.238 e. The summed E-state index contributed by atoms with van der Waals surface area (Å²) >= 11 is 1.32. The van der Waals surface area contributed by atoms with E-state index in [1.807, 2.05) is 48.3 Å². The molecule has 0 aliphatic carbocycles. The van der Waals surface area contributed by atoms with Gasteiger partial charge in [-0.1, -0.05) is 36.4 Å². The molecule has 0 bridgehead atoms. The summed E-state index contributed by atoms with van der Waals surface area (Å²) in [6.45, 7) is 3.05. The average Bonchev–Trinajstić information content (AvgIpc) is 2.56. The molecular formula is C19H23N3O2S. The van der Waals surface area contributed by atoms with Crippen molar-refractivity contribution < 1.29 is 9.59 Å². The molecule has 2 aromatic carbocycles. The van der Waals surface area contributed by atoms with Gasteiger partial charge in [-0.2, -0.15) is 0 Å². The Labute approximate surface area is 152 Å². The van der Waals surface area contributed by atoms with Gasteiger partial charge in [-0.15, -0.1) is 11.8 Å². The molecule has 5 nitrogen and oxygen atoms in total. The maximum atomic E-state index is 12.3. The summed E-state index contributed by atoms with van der Waals surface area (Å²) in [5.74, 6) is -0.299. The number of hydrogen-bond acceptors (Lipinski definition) is 4. The number of thioether (sulfide) groups is 1. The molecule has 0 unspecified atom stereocenters. The summed E-state index contributed by atoms with van der Waals surface area (Å²) in [6.07, 6.45) is 0. The lowest BCUT2D eigenvalue weighted by Gasteiger charge is -2.18. The zero-order valence-corrected chi connectivity index (χ0v) is 15.3. The zero-order valence-electron chi connectivity index (χ0n) is 14.5. The lowest BCUT2D eigenvalue weighted by atomic mass is 10.1. The van der Waals surface area contributed by atoms with Crippen LogP contribution < -0.4 is 11.1 Å². The Morgan fingerprint density at radius 1 is 1.12 bits per heavy atom. The van der Waals surface area contributed by atoms with Crippen molar-refractivity contribution in [3.63, 3.8) is 0 Å². The summed E-state index contributed by atoms with van der Waals surface area (Å²) in [6, 6.07) is 15.5. The third kappa shape index (κ3) is 6.25. The zero-order chi connectivity index (χ0) is 18.2. The molecule has 0 radical (unpaired) electrons. The topological polar surface area (TPSA) is 75.4 Å². The molecule has 132 valence electrons. The van der Waals surface area contributed by atoms with Crippen LogP contribution in [-0.4, -0.2) is 36.1 Å². The molecule has 6 heteroatoms. The van der Waals surface area contributed by atoms with Crippen LogP contribution in [0.15, 0.2) is 53.4 Å². The first-order valence-corrected chi connectivity index (χ1v) is 8.97. The Morgan fingerprint density at radius 2 is 1.80 bits per heavy atom. The normalized spacial score (nSPS) is 10.7. The van der Waals surface area contributed by atoms with E-state index in [1.54, 1.807) is 0 Å². The summed E-state index contributed by atoms with van der Waals surface area (Å²) in [5.41, 5.74) is 8.30. The fourth-order valence-electron chi connectivity index (χ4n) is 2.41. The third-order valence-electron chi connectivity index (χ3n) is 3.65. The number of para-hydroxylation sites is 1. The second kappa shape index (κ2) is 9.25. The van der Waals surface area contributed by atoms with E-state index < -0.39 is 0 Å². The molecule has 0 aliphatic heterocycles. The number of aryl methyl sites for hydroxylation is 1. The largest absolute Gasteiger partial charge is 0.369 e. The van der Waals surface area contributed by atoms with Crippen molar-refractivity contribution in [1.29, 1.82) is 0 Å². The number of nitrogens with two attached hydrogens (primary N) is 1. The van der Waals surface area contributed by atoms with Crippen LogP contribution in [0.3, 0.4) is 0 Å². The van der Waals surface area contributed by atoms with Gasteiger partial charge in [0.15, 0.2) is 0 Å². The lowest BCUT2D eigenvalue weighted by Crippen LogP contribution is -2.30. The maximum Gasteiger partial charge on any atom is 0.238 e. The number of carbonyl (C=O) groups is 2. The van der Waals surface area contributed by atoms with E-state index in [-0.39, 0.29) is 24.1 Å². The van der Waals surface area contributed by atoms with Gasteiger partial charge in [0.1, 0.15) is 0 Å². The van der Waals surface area contributed by atoms with Crippen LogP contribution in [0.5, 0.6) is 0 Å². The standard InChI is InChI=1S/C19H23N3O2S/c1-14-7-3-4-8-15(14)11-22(2)12-19(24)21-16-9-5-6-10-17(16)25-13-18(20)23/h3-10H,11-13H2,1-2H3,(H2,20,23)(H,21,24). The van der Waals surface area contributed by atoms with Crippen LogP contribution in [0, 0.1) is 6.92 Å². The highest BCUT2D eigenvalue weighted by Crippen LogP contribution is 2.26. The second-order valence-corrected chi connectivity index (χ2v) is 6.92. The Morgan fingerprint density at radius 3 is 2.52 bits per heavy atom. The van der Waals surface area contributed by atoms with E-state index >= 15 is 0 Å². The molecule has 25 heavy (non-hydrogen) atoms. The SMILES string of the molecule is Cc1ccccc1CN(C)CC(=O)Nc1ccccc1SCC(N)=O. The van der Waals surface area contributed by atoms with Gasteiger partial charge in [0.25, 0.3) is 0 Å². The van der Waals surface area contributed by atoms with Gasteiger partial charge >= 0.3 is 0 Å². The van der Waals surface area contributed by atoms with E-state index in [0.29, 0.717) is 12.2 Å². The molecule has 0 atom stereocenters. The maximum absolute atomic E-state index is 12.3. The fraction of sp³-hybridized carbons (Fsp3) is 0.263. The molecule has 0 saturated heterocycles. The molecule has 2 amide bonds. The molecule has 0 fully saturated rings. The predicted molar refractivity (Wildman–Crippen MR) is 103 cm³/mol. The van der Waals surface area contributed by atoms with Gasteiger partial charge in [-0.05, 0) is 37.2 Å². The lowest BCUT2D eigenvalue weighted by molar-refractivity contribution is -0.117. The Hall–Kier alpha value is -2.31. The van der Waals surface area contributed by atoms with E-state index in [9.17, 15) is 9.59 Å². The van der Waals surface area contributed by atoms with Crippen molar-refractivity contribution in [3.05, 3.63) is 59.7 Å². The highest BCUT2D eigenvalue weighted by molar-refractivity contribution is 8.00. The minimum absolute atomic E-state index is 0.0943. The molecule has 2 aromatic rings. The number of carbonyl (C=O) groups excluding carboxylic acids is 2. The van der Waals surface area contributed by atoms with E-state index in [0.717, 1.165) is 4.90 Å². The molecule has 0 saturated carbocycles. The van der Waals surface area contributed by atoms with Gasteiger partial charge < -0.3 is 11.1 Å². The molecule has 0 heterocycles. The van der Waals surface area contributed by atoms with Crippen LogP contribution in [0.1, 0.15) is 11.1 Å². The number of rotatable bonds is 8. The molecule has 0 spiro atoms. The van der Waals surface area contributed by atoms with Crippen molar-refractivity contribution in [3.8, 4) is 0 Å². The Kier molecular flexibility index (Phi) is 7.03. The van der Waals surface area contributed by atoms with Crippen LogP contribution in [0.2, 0.25) is 0 Å². The first-order chi connectivity index (χ1) is 12.0. The first-order valence-electron chi connectivity index (χ1n) is 7.98. The van der Waals surface area contributed by atoms with E-state index in [4.69, 9.17) is 5.73 Å². The second-order valence-electron chi connectivity index (χ2n) is 5.90. The Bertz CT molecular complexity index is 749. The van der Waals surface area contributed by atoms with Crippen LogP contribution in [0.25, 0.3) is 0 Å². The van der Waals surface area contributed by atoms with Gasteiger partial charge in [0.2, 0.25) is 11.8 Å². The minimum Gasteiger partial charge on any atom is -0.369 e. The number of hydrogen-bond donors (Lipinski definition) is 2. The fourth-order valence-corrected chi connectivity index (χ4v) is 3.16. The number of nitrogens with zero attached hydrogens (tertiary/aromatic N) is 1. The summed E-state index contributed by atoms with van der Waals surface area (Å²) in [7, 11) is 1.92. The van der Waals surface area contributed by atoms with Crippen molar-refractivity contribution in [2.24, 2.45) is 5.73 Å². The van der Waals surface area contributed by atoms with Gasteiger partial charge in [0.05, 0.1) is 18.0 Å². The molecule has 2 rings (SSSR count). The van der Waals surface area contributed by atoms with Crippen molar-refractivity contribution >= 4 is 29.3 Å². The summed E-state index contributed by atoms with van der Waals surface area (Å²) in [5, 5.41) is 2.91.